The van der Waals surface area contributed by atoms with E-state index in [9.17, 15) is 4.39 Å². The molecular formula is C29H27FN4. The van der Waals surface area contributed by atoms with Crippen molar-refractivity contribution >= 4 is 27.6 Å². The predicted molar refractivity (Wildman–Crippen MR) is 138 cm³/mol. The molecule has 0 bridgehead atoms. The van der Waals surface area contributed by atoms with Crippen LogP contribution in [0.1, 0.15) is 5.56 Å². The van der Waals surface area contributed by atoms with Crippen molar-refractivity contribution < 1.29 is 4.39 Å². The summed E-state index contributed by atoms with van der Waals surface area (Å²) in [5, 5.41) is 2.43. The van der Waals surface area contributed by atoms with Gasteiger partial charge < -0.3 is 9.88 Å². The van der Waals surface area contributed by atoms with Crippen LogP contribution in [0.4, 0.5) is 10.2 Å². The normalized spacial score (nSPS) is 14.8. The fourth-order valence-electron chi connectivity index (χ4n) is 4.99. The van der Waals surface area contributed by atoms with Crippen molar-refractivity contribution in [1.29, 1.82) is 0 Å². The first-order chi connectivity index (χ1) is 16.7. The van der Waals surface area contributed by atoms with Crippen LogP contribution >= 0.6 is 0 Å². The molecule has 4 nitrogen and oxygen atoms in total. The third kappa shape index (κ3) is 4.03. The van der Waals surface area contributed by atoms with Crippen molar-refractivity contribution in [3.63, 3.8) is 0 Å². The van der Waals surface area contributed by atoms with Gasteiger partial charge in [0.15, 0.2) is 0 Å². The number of hydrogen-bond donors (Lipinski definition) is 1. The van der Waals surface area contributed by atoms with Gasteiger partial charge in [-0.1, -0.05) is 48.5 Å². The fraction of sp³-hybridized carbons (Fsp3) is 0.207. The molecular weight excluding hydrogens is 423 g/mol. The van der Waals surface area contributed by atoms with Gasteiger partial charge in [0, 0.05) is 60.8 Å². The molecule has 1 aliphatic heterocycles. The molecule has 2 aromatic heterocycles. The van der Waals surface area contributed by atoms with Crippen LogP contribution in [0.5, 0.6) is 0 Å². The molecule has 6 rings (SSSR count). The van der Waals surface area contributed by atoms with Gasteiger partial charge in [0.2, 0.25) is 0 Å². The Morgan fingerprint density at radius 3 is 2.50 bits per heavy atom. The van der Waals surface area contributed by atoms with Crippen LogP contribution in [0, 0.1) is 5.82 Å². The number of hydrogen-bond acceptors (Lipinski definition) is 3. The van der Waals surface area contributed by atoms with Crippen LogP contribution in [0.25, 0.3) is 32.9 Å². The van der Waals surface area contributed by atoms with E-state index in [0.717, 1.165) is 67.0 Å². The van der Waals surface area contributed by atoms with E-state index in [0.29, 0.717) is 0 Å². The standard InChI is InChI=1S/C29H27FN4/c30-24-11-8-21(9-12-24)26-6-3-4-22-10-13-28(32-29(22)26)34-18-16-33(17-19-34)15-14-23-20-31-27-7-2-1-5-25(23)27/h1-13,20,31H,14-19H2. The molecule has 5 heteroatoms. The molecule has 0 atom stereocenters. The minimum absolute atomic E-state index is 0.222. The molecule has 0 spiro atoms. The molecule has 0 aliphatic carbocycles. The highest BCUT2D eigenvalue weighted by Gasteiger charge is 2.19. The predicted octanol–water partition coefficient (Wildman–Crippen LogP) is 5.89. The Kier molecular flexibility index (Phi) is 5.47. The van der Waals surface area contributed by atoms with Crippen molar-refractivity contribution in [2.45, 2.75) is 6.42 Å². The topological polar surface area (TPSA) is 35.2 Å². The van der Waals surface area contributed by atoms with Crippen LogP contribution in [0.3, 0.4) is 0 Å². The first-order valence-electron chi connectivity index (χ1n) is 11.9. The first-order valence-corrected chi connectivity index (χ1v) is 11.9. The lowest BCUT2D eigenvalue weighted by molar-refractivity contribution is 0.260. The summed E-state index contributed by atoms with van der Waals surface area (Å²) in [5.74, 6) is 0.790. The fourth-order valence-corrected chi connectivity index (χ4v) is 4.99. The minimum atomic E-state index is -0.222. The van der Waals surface area contributed by atoms with Crippen molar-refractivity contribution in [2.75, 3.05) is 37.6 Å². The smallest absolute Gasteiger partial charge is 0.129 e. The highest BCUT2D eigenvalue weighted by atomic mass is 19.1. The monoisotopic (exact) mass is 450 g/mol. The Labute approximate surface area is 198 Å². The van der Waals surface area contributed by atoms with E-state index < -0.39 is 0 Å². The second kappa shape index (κ2) is 8.92. The molecule has 1 fully saturated rings. The van der Waals surface area contributed by atoms with Crippen LogP contribution in [-0.4, -0.2) is 47.6 Å². The molecule has 1 aliphatic rings. The molecule has 5 aromatic rings. The summed E-state index contributed by atoms with van der Waals surface area (Å²) < 4.78 is 13.4. The van der Waals surface area contributed by atoms with Crippen molar-refractivity contribution in [1.82, 2.24) is 14.9 Å². The maximum Gasteiger partial charge on any atom is 0.129 e. The summed E-state index contributed by atoms with van der Waals surface area (Å²) >= 11 is 0. The molecule has 3 aromatic carbocycles. The number of fused-ring (bicyclic) bond motifs is 2. The molecule has 0 saturated carbocycles. The van der Waals surface area contributed by atoms with Gasteiger partial charge in [-0.3, -0.25) is 4.90 Å². The van der Waals surface area contributed by atoms with Gasteiger partial charge in [0.1, 0.15) is 11.6 Å². The Morgan fingerprint density at radius 1 is 0.824 bits per heavy atom. The number of H-pyrrole nitrogens is 1. The molecule has 34 heavy (non-hydrogen) atoms. The summed E-state index contributed by atoms with van der Waals surface area (Å²) in [6.45, 7) is 5.05. The van der Waals surface area contributed by atoms with Crippen molar-refractivity contribution in [2.24, 2.45) is 0 Å². The molecule has 0 radical (unpaired) electrons. The lowest BCUT2D eigenvalue weighted by atomic mass is 10.0. The highest BCUT2D eigenvalue weighted by molar-refractivity contribution is 5.94. The Hall–Kier alpha value is -3.70. The number of benzene rings is 3. The van der Waals surface area contributed by atoms with Gasteiger partial charge in [-0.2, -0.15) is 0 Å². The largest absolute Gasteiger partial charge is 0.361 e. The Balaban J connectivity index is 1.15. The maximum atomic E-state index is 13.4. The number of nitrogens with one attached hydrogen (secondary N) is 1. The van der Waals surface area contributed by atoms with Crippen LogP contribution in [0.2, 0.25) is 0 Å². The zero-order valence-corrected chi connectivity index (χ0v) is 19.0. The molecule has 0 amide bonds. The Bertz CT molecular complexity index is 1430. The summed E-state index contributed by atoms with van der Waals surface area (Å²) in [7, 11) is 0. The number of nitrogens with zero attached hydrogens (tertiary/aromatic N) is 3. The van der Waals surface area contributed by atoms with Crippen LogP contribution in [0.15, 0.2) is 85.1 Å². The average Bonchev–Trinajstić information content (AvgIpc) is 3.31. The first kappa shape index (κ1) is 20.9. The van der Waals surface area contributed by atoms with E-state index in [1.54, 1.807) is 0 Å². The number of rotatable bonds is 5. The number of halogens is 1. The van der Waals surface area contributed by atoms with Gasteiger partial charge in [-0.15, -0.1) is 0 Å². The highest BCUT2D eigenvalue weighted by Crippen LogP contribution is 2.29. The maximum absolute atomic E-state index is 13.4. The molecule has 1 saturated heterocycles. The van der Waals surface area contributed by atoms with E-state index in [2.05, 4.69) is 69.5 Å². The minimum Gasteiger partial charge on any atom is -0.361 e. The molecule has 170 valence electrons. The van der Waals surface area contributed by atoms with Gasteiger partial charge in [-0.05, 0) is 47.9 Å². The van der Waals surface area contributed by atoms with Gasteiger partial charge in [0.25, 0.3) is 0 Å². The lowest BCUT2D eigenvalue weighted by Crippen LogP contribution is -2.47. The molecule has 1 N–H and O–H groups in total. The van der Waals surface area contributed by atoms with Crippen molar-refractivity contribution in [3.8, 4) is 11.1 Å². The number of aromatic amines is 1. The lowest BCUT2D eigenvalue weighted by Gasteiger charge is -2.35. The van der Waals surface area contributed by atoms with E-state index in [1.807, 2.05) is 18.2 Å². The number of pyridine rings is 1. The number of para-hydroxylation sites is 2. The zero-order chi connectivity index (χ0) is 22.9. The van der Waals surface area contributed by atoms with E-state index in [-0.39, 0.29) is 5.82 Å². The van der Waals surface area contributed by atoms with Gasteiger partial charge in [0.05, 0.1) is 5.52 Å². The van der Waals surface area contributed by atoms with E-state index in [1.165, 1.54) is 28.6 Å². The van der Waals surface area contributed by atoms with Crippen molar-refractivity contribution in [3.05, 3.63) is 96.4 Å². The number of piperazine rings is 1. The average molecular weight is 451 g/mol. The van der Waals surface area contributed by atoms with Gasteiger partial charge in [-0.25, -0.2) is 9.37 Å². The van der Waals surface area contributed by atoms with Crippen LogP contribution < -0.4 is 4.90 Å². The Morgan fingerprint density at radius 2 is 1.65 bits per heavy atom. The number of aromatic nitrogens is 2. The second-order valence-corrected chi connectivity index (χ2v) is 8.99. The molecule has 3 heterocycles. The van der Waals surface area contributed by atoms with E-state index in [4.69, 9.17) is 4.98 Å². The molecule has 0 unspecified atom stereocenters. The summed E-state index contributed by atoms with van der Waals surface area (Å²) in [6, 6.07) is 25.6. The summed E-state index contributed by atoms with van der Waals surface area (Å²) in [5.41, 5.74) is 5.59. The summed E-state index contributed by atoms with van der Waals surface area (Å²) in [6.07, 6.45) is 3.21. The van der Waals surface area contributed by atoms with E-state index >= 15 is 0 Å². The zero-order valence-electron chi connectivity index (χ0n) is 19.0. The summed E-state index contributed by atoms with van der Waals surface area (Å²) in [4.78, 5) is 13.4. The van der Waals surface area contributed by atoms with Crippen LogP contribution in [-0.2, 0) is 6.42 Å². The van der Waals surface area contributed by atoms with Gasteiger partial charge >= 0.3 is 0 Å². The SMILES string of the molecule is Fc1ccc(-c2cccc3ccc(N4CCN(CCc5c[nH]c6ccccc56)CC4)nc23)cc1. The third-order valence-electron chi connectivity index (χ3n) is 6.93. The number of anilines is 1. The second-order valence-electron chi connectivity index (χ2n) is 8.99. The quantitative estimate of drug-likeness (QED) is 0.363. The third-order valence-corrected chi connectivity index (χ3v) is 6.93.